The lowest BCUT2D eigenvalue weighted by molar-refractivity contribution is -0.143. The summed E-state index contributed by atoms with van der Waals surface area (Å²) in [6, 6.07) is 7.84. The molecule has 2 N–H and O–H groups in total. The van der Waals surface area contributed by atoms with E-state index in [-0.39, 0.29) is 17.7 Å². The molecule has 7 nitrogen and oxygen atoms in total. The second kappa shape index (κ2) is 15.4. The molecule has 1 aromatic rings. The molecule has 198 valence electrons. The Morgan fingerprint density at radius 2 is 1.60 bits per heavy atom. The first kappa shape index (κ1) is 30.5. The van der Waals surface area contributed by atoms with E-state index in [0.29, 0.717) is 19.5 Å². The maximum Gasteiger partial charge on any atom is 0.408 e. The molecule has 0 radical (unpaired) electrons. The van der Waals surface area contributed by atoms with Gasteiger partial charge in [-0.1, -0.05) is 77.3 Å². The van der Waals surface area contributed by atoms with E-state index in [0.717, 1.165) is 37.7 Å². The fraction of sp³-hybridized carbons (Fsp3) is 0.679. The number of nitrogens with one attached hydrogen (secondary N) is 2. The third-order valence-corrected chi connectivity index (χ3v) is 5.49. The Hall–Kier alpha value is -2.57. The molecule has 0 saturated carbocycles. The predicted octanol–water partition coefficient (Wildman–Crippen LogP) is 5.60. The number of amides is 3. The topological polar surface area (TPSA) is 87.7 Å². The molecule has 0 fully saturated rings. The summed E-state index contributed by atoms with van der Waals surface area (Å²) in [5.41, 5.74) is 0.0779. The number of carbonyl (C=O) groups excluding carboxylic acids is 3. The van der Waals surface area contributed by atoms with Gasteiger partial charge in [0.05, 0.1) is 0 Å². The lowest BCUT2D eigenvalue weighted by Crippen LogP contribution is -2.53. The van der Waals surface area contributed by atoms with Gasteiger partial charge in [0.25, 0.3) is 0 Å². The van der Waals surface area contributed by atoms with Gasteiger partial charge in [0, 0.05) is 13.1 Å². The van der Waals surface area contributed by atoms with Gasteiger partial charge >= 0.3 is 6.09 Å². The Morgan fingerprint density at radius 3 is 2.14 bits per heavy atom. The van der Waals surface area contributed by atoms with Crippen molar-refractivity contribution in [3.8, 4) is 0 Å². The van der Waals surface area contributed by atoms with E-state index < -0.39 is 23.8 Å². The zero-order valence-corrected chi connectivity index (χ0v) is 22.9. The van der Waals surface area contributed by atoms with Gasteiger partial charge in [-0.2, -0.15) is 0 Å². The lowest BCUT2D eigenvalue weighted by Gasteiger charge is -2.35. The van der Waals surface area contributed by atoms with Gasteiger partial charge in [-0.3, -0.25) is 9.59 Å². The molecule has 35 heavy (non-hydrogen) atoms. The molecule has 0 heterocycles. The second-order valence-electron chi connectivity index (χ2n) is 10.5. The first-order chi connectivity index (χ1) is 16.5. The van der Waals surface area contributed by atoms with Gasteiger partial charge in [0.2, 0.25) is 11.8 Å². The molecule has 7 heteroatoms. The molecular formula is C28H47N3O4. The Kier molecular flexibility index (Phi) is 13.4. The van der Waals surface area contributed by atoms with Crippen LogP contribution in [-0.2, 0) is 14.3 Å². The van der Waals surface area contributed by atoms with E-state index >= 15 is 0 Å². The summed E-state index contributed by atoms with van der Waals surface area (Å²) in [6.07, 6.45) is 4.35. The molecule has 3 amide bonds. The van der Waals surface area contributed by atoms with Crippen LogP contribution in [0.5, 0.6) is 0 Å². The summed E-state index contributed by atoms with van der Waals surface area (Å²) < 4.78 is 5.44. The molecule has 0 aliphatic carbocycles. The van der Waals surface area contributed by atoms with Crippen molar-refractivity contribution < 1.29 is 19.1 Å². The number of carbonyl (C=O) groups is 3. The molecule has 0 spiro atoms. The molecule has 0 bridgehead atoms. The SMILES string of the molecule is CCCCCN(C(=O)C(CC(C)C)NC(=O)OC(C)(C)C)C(C(=O)NCCCC)c1ccccc1. The van der Waals surface area contributed by atoms with Gasteiger partial charge in [-0.15, -0.1) is 0 Å². The van der Waals surface area contributed by atoms with Crippen LogP contribution >= 0.6 is 0 Å². The van der Waals surface area contributed by atoms with E-state index in [1.54, 1.807) is 25.7 Å². The molecule has 1 rings (SSSR count). The van der Waals surface area contributed by atoms with Gasteiger partial charge in [-0.05, 0) is 51.5 Å². The Morgan fingerprint density at radius 1 is 0.971 bits per heavy atom. The molecule has 0 aromatic heterocycles. The summed E-state index contributed by atoms with van der Waals surface area (Å²) in [6.45, 7) is 14.5. The molecule has 0 aliphatic heterocycles. The van der Waals surface area contributed by atoms with E-state index in [1.807, 2.05) is 44.2 Å². The fourth-order valence-corrected chi connectivity index (χ4v) is 3.83. The summed E-state index contributed by atoms with van der Waals surface area (Å²) in [5, 5.41) is 5.80. The molecule has 0 aliphatic rings. The van der Waals surface area contributed by atoms with E-state index in [1.165, 1.54) is 0 Å². The third-order valence-electron chi connectivity index (χ3n) is 5.49. The number of unbranched alkanes of at least 4 members (excludes halogenated alkanes) is 3. The minimum atomic E-state index is -0.791. The van der Waals surface area contributed by atoms with Crippen LogP contribution in [0.1, 0.15) is 98.6 Å². The summed E-state index contributed by atoms with van der Waals surface area (Å²) in [7, 11) is 0. The Bertz CT molecular complexity index is 774. The van der Waals surface area contributed by atoms with Crippen molar-refractivity contribution in [3.63, 3.8) is 0 Å². The van der Waals surface area contributed by atoms with Gasteiger partial charge in [-0.25, -0.2) is 4.79 Å². The van der Waals surface area contributed by atoms with Crippen molar-refractivity contribution in [2.75, 3.05) is 13.1 Å². The number of rotatable bonds is 14. The summed E-state index contributed by atoms with van der Waals surface area (Å²) in [5.74, 6) is -0.305. The smallest absolute Gasteiger partial charge is 0.408 e. The minimum absolute atomic E-state index is 0.157. The second-order valence-corrected chi connectivity index (χ2v) is 10.5. The van der Waals surface area contributed by atoms with Crippen LogP contribution < -0.4 is 10.6 Å². The van der Waals surface area contributed by atoms with Crippen molar-refractivity contribution in [3.05, 3.63) is 35.9 Å². The van der Waals surface area contributed by atoms with Crippen LogP contribution in [0.3, 0.4) is 0 Å². The largest absolute Gasteiger partial charge is 0.444 e. The Labute approximate surface area is 212 Å². The molecule has 1 aromatic carbocycles. The number of alkyl carbamates (subject to hydrolysis) is 1. The van der Waals surface area contributed by atoms with Crippen LogP contribution in [-0.4, -0.2) is 47.5 Å². The number of benzene rings is 1. The molecule has 2 atom stereocenters. The number of hydrogen-bond donors (Lipinski definition) is 2. The summed E-state index contributed by atoms with van der Waals surface area (Å²) >= 11 is 0. The highest BCUT2D eigenvalue weighted by molar-refractivity contribution is 5.92. The summed E-state index contributed by atoms with van der Waals surface area (Å²) in [4.78, 5) is 41.7. The first-order valence-electron chi connectivity index (χ1n) is 13.1. The Balaban J connectivity index is 3.36. The average Bonchev–Trinajstić information content (AvgIpc) is 2.77. The normalized spacial score (nSPS) is 13.1. The maximum atomic E-state index is 14.0. The third kappa shape index (κ3) is 11.6. The zero-order chi connectivity index (χ0) is 26.4. The standard InChI is InChI=1S/C28H47N3O4/c1-8-10-15-19-31(24(22-16-13-12-14-17-22)25(32)29-18-11-9-2)26(33)23(20-21(3)4)30-27(34)35-28(5,6)7/h12-14,16-17,21,23-24H,8-11,15,18-20H2,1-7H3,(H,29,32)(H,30,34). The predicted molar refractivity (Wildman–Crippen MR) is 141 cm³/mol. The number of hydrogen-bond acceptors (Lipinski definition) is 4. The molecular weight excluding hydrogens is 442 g/mol. The molecule has 0 saturated heterocycles. The van der Waals surface area contributed by atoms with Crippen molar-refractivity contribution in [1.82, 2.24) is 15.5 Å². The monoisotopic (exact) mass is 489 g/mol. The maximum absolute atomic E-state index is 14.0. The quantitative estimate of drug-likeness (QED) is 0.333. The molecule has 2 unspecified atom stereocenters. The van der Waals surface area contributed by atoms with Gasteiger partial charge < -0.3 is 20.3 Å². The van der Waals surface area contributed by atoms with Crippen LogP contribution in [0.25, 0.3) is 0 Å². The lowest BCUT2D eigenvalue weighted by atomic mass is 9.98. The number of nitrogens with zero attached hydrogens (tertiary/aromatic N) is 1. The van der Waals surface area contributed by atoms with Crippen LogP contribution in [0.4, 0.5) is 4.79 Å². The van der Waals surface area contributed by atoms with Crippen molar-refractivity contribution in [2.45, 2.75) is 105 Å². The highest BCUT2D eigenvalue weighted by atomic mass is 16.6. The van der Waals surface area contributed by atoms with Crippen molar-refractivity contribution in [1.29, 1.82) is 0 Å². The van der Waals surface area contributed by atoms with Gasteiger partial charge in [0.1, 0.15) is 17.7 Å². The highest BCUT2D eigenvalue weighted by Crippen LogP contribution is 2.24. The highest BCUT2D eigenvalue weighted by Gasteiger charge is 2.36. The van der Waals surface area contributed by atoms with E-state index in [4.69, 9.17) is 4.74 Å². The van der Waals surface area contributed by atoms with Crippen molar-refractivity contribution in [2.24, 2.45) is 5.92 Å². The van der Waals surface area contributed by atoms with Crippen molar-refractivity contribution >= 4 is 17.9 Å². The minimum Gasteiger partial charge on any atom is -0.444 e. The number of ether oxygens (including phenoxy) is 1. The average molecular weight is 490 g/mol. The zero-order valence-electron chi connectivity index (χ0n) is 22.9. The fourth-order valence-electron chi connectivity index (χ4n) is 3.83. The van der Waals surface area contributed by atoms with E-state index in [2.05, 4.69) is 24.5 Å². The van der Waals surface area contributed by atoms with Crippen LogP contribution in [0.15, 0.2) is 30.3 Å². The van der Waals surface area contributed by atoms with E-state index in [9.17, 15) is 14.4 Å². The van der Waals surface area contributed by atoms with Gasteiger partial charge in [0.15, 0.2) is 0 Å². The van der Waals surface area contributed by atoms with Crippen LogP contribution in [0, 0.1) is 5.92 Å². The first-order valence-corrected chi connectivity index (χ1v) is 13.1. The van der Waals surface area contributed by atoms with Crippen LogP contribution in [0.2, 0.25) is 0 Å².